The van der Waals surface area contributed by atoms with Crippen molar-refractivity contribution in [2.45, 2.75) is 38.6 Å². The first-order valence-electron chi connectivity index (χ1n) is 7.09. The van der Waals surface area contributed by atoms with Crippen molar-refractivity contribution in [1.29, 1.82) is 0 Å². The predicted octanol–water partition coefficient (Wildman–Crippen LogP) is 2.50. The first kappa shape index (κ1) is 14.6. The number of nitrogens with zero attached hydrogens (tertiary/aromatic N) is 1. The van der Waals surface area contributed by atoms with E-state index in [1.807, 2.05) is 37.3 Å². The normalized spacial score (nSPS) is 17.3. The van der Waals surface area contributed by atoms with Crippen molar-refractivity contribution in [2.24, 2.45) is 5.92 Å². The third-order valence-corrected chi connectivity index (χ3v) is 3.83. The molecule has 0 radical (unpaired) electrons. The topological polar surface area (TPSA) is 57.6 Å². The van der Waals surface area contributed by atoms with Crippen LogP contribution in [-0.2, 0) is 9.59 Å². The molecule has 4 heteroatoms. The van der Waals surface area contributed by atoms with E-state index in [-0.39, 0.29) is 17.9 Å². The fourth-order valence-corrected chi connectivity index (χ4v) is 2.31. The Hall–Kier alpha value is -1.84. The van der Waals surface area contributed by atoms with Gasteiger partial charge < -0.3 is 10.0 Å². The van der Waals surface area contributed by atoms with Gasteiger partial charge in [-0.25, -0.2) is 0 Å². The first-order valence-corrected chi connectivity index (χ1v) is 7.09. The van der Waals surface area contributed by atoms with E-state index in [0.717, 1.165) is 18.4 Å². The minimum Gasteiger partial charge on any atom is -0.481 e. The van der Waals surface area contributed by atoms with Crippen molar-refractivity contribution >= 4 is 11.9 Å². The molecular weight excluding hydrogens is 254 g/mol. The molecule has 0 heterocycles. The number of aliphatic carboxylic acids is 1. The van der Waals surface area contributed by atoms with Crippen LogP contribution in [0.15, 0.2) is 30.3 Å². The third kappa shape index (κ3) is 3.38. The van der Waals surface area contributed by atoms with Gasteiger partial charge in [0, 0.05) is 12.6 Å². The SMILES string of the molecule is CC(CN(C(=O)[C@H](C)c1ccccc1)C1CC1)C(=O)O. The summed E-state index contributed by atoms with van der Waals surface area (Å²) < 4.78 is 0. The number of carboxylic acids is 1. The van der Waals surface area contributed by atoms with Crippen molar-refractivity contribution in [3.8, 4) is 0 Å². The molecule has 1 aromatic carbocycles. The average molecular weight is 275 g/mol. The van der Waals surface area contributed by atoms with E-state index in [4.69, 9.17) is 5.11 Å². The summed E-state index contributed by atoms with van der Waals surface area (Å²) in [6.45, 7) is 3.84. The van der Waals surface area contributed by atoms with Gasteiger partial charge in [-0.2, -0.15) is 0 Å². The molecule has 4 nitrogen and oxygen atoms in total. The molecule has 20 heavy (non-hydrogen) atoms. The molecule has 2 atom stereocenters. The minimum atomic E-state index is -0.851. The zero-order chi connectivity index (χ0) is 14.7. The maximum absolute atomic E-state index is 12.6. The maximum atomic E-state index is 12.6. The molecule has 2 rings (SSSR count). The van der Waals surface area contributed by atoms with Crippen molar-refractivity contribution in [1.82, 2.24) is 4.90 Å². The standard InChI is InChI=1S/C16H21NO3/c1-11(16(19)20)10-17(14-8-9-14)15(18)12(2)13-6-4-3-5-7-13/h3-7,11-12,14H,8-10H2,1-2H3,(H,19,20)/t11?,12-/m1/s1. The predicted molar refractivity (Wildman–Crippen MR) is 76.4 cm³/mol. The monoisotopic (exact) mass is 275 g/mol. The molecule has 1 N–H and O–H groups in total. The van der Waals surface area contributed by atoms with E-state index in [1.165, 1.54) is 0 Å². The van der Waals surface area contributed by atoms with Crippen molar-refractivity contribution in [3.05, 3.63) is 35.9 Å². The van der Waals surface area contributed by atoms with Crippen LogP contribution in [0.25, 0.3) is 0 Å². The van der Waals surface area contributed by atoms with Crippen LogP contribution >= 0.6 is 0 Å². The lowest BCUT2D eigenvalue weighted by atomic mass is 9.99. The second-order valence-electron chi connectivity index (χ2n) is 5.59. The molecule has 0 spiro atoms. The van der Waals surface area contributed by atoms with Gasteiger partial charge in [0.05, 0.1) is 11.8 Å². The quantitative estimate of drug-likeness (QED) is 0.867. The fourth-order valence-electron chi connectivity index (χ4n) is 2.31. The molecule has 0 aliphatic heterocycles. The molecule has 108 valence electrons. The Kier molecular flexibility index (Phi) is 4.42. The molecule has 1 unspecified atom stereocenters. The lowest BCUT2D eigenvalue weighted by molar-refractivity contribution is -0.143. The van der Waals surface area contributed by atoms with Gasteiger partial charge >= 0.3 is 5.97 Å². The van der Waals surface area contributed by atoms with Gasteiger partial charge in [0.1, 0.15) is 0 Å². The molecule has 1 amide bonds. The van der Waals surface area contributed by atoms with Gasteiger partial charge in [0.25, 0.3) is 0 Å². The van der Waals surface area contributed by atoms with Gasteiger partial charge in [-0.05, 0) is 25.3 Å². The number of benzene rings is 1. The van der Waals surface area contributed by atoms with E-state index >= 15 is 0 Å². The molecular formula is C16H21NO3. The van der Waals surface area contributed by atoms with E-state index in [2.05, 4.69) is 0 Å². The van der Waals surface area contributed by atoms with Crippen LogP contribution in [0.5, 0.6) is 0 Å². The molecule has 0 saturated heterocycles. The number of carbonyl (C=O) groups is 2. The van der Waals surface area contributed by atoms with Crippen LogP contribution in [0.4, 0.5) is 0 Å². The smallest absolute Gasteiger partial charge is 0.308 e. The Morgan fingerprint density at radius 3 is 2.35 bits per heavy atom. The lowest BCUT2D eigenvalue weighted by Crippen LogP contribution is -2.40. The van der Waals surface area contributed by atoms with Gasteiger partial charge in [-0.15, -0.1) is 0 Å². The summed E-state index contributed by atoms with van der Waals surface area (Å²) in [5, 5.41) is 9.03. The van der Waals surface area contributed by atoms with Crippen LogP contribution in [0.1, 0.15) is 38.2 Å². The van der Waals surface area contributed by atoms with Gasteiger partial charge in [0.15, 0.2) is 0 Å². The summed E-state index contributed by atoms with van der Waals surface area (Å²) in [5.41, 5.74) is 0.978. The second-order valence-corrected chi connectivity index (χ2v) is 5.59. The highest BCUT2D eigenvalue weighted by molar-refractivity contribution is 5.84. The summed E-state index contributed by atoms with van der Waals surface area (Å²) in [6.07, 6.45) is 1.97. The highest BCUT2D eigenvalue weighted by Crippen LogP contribution is 2.31. The largest absolute Gasteiger partial charge is 0.481 e. The molecule has 1 aliphatic rings. The fraction of sp³-hybridized carbons (Fsp3) is 0.500. The highest BCUT2D eigenvalue weighted by Gasteiger charge is 2.36. The summed E-state index contributed by atoms with van der Waals surface area (Å²) in [6, 6.07) is 9.87. The van der Waals surface area contributed by atoms with Gasteiger partial charge in [-0.3, -0.25) is 9.59 Å². The van der Waals surface area contributed by atoms with Crippen LogP contribution in [-0.4, -0.2) is 34.5 Å². The summed E-state index contributed by atoms with van der Waals surface area (Å²) >= 11 is 0. The highest BCUT2D eigenvalue weighted by atomic mass is 16.4. The zero-order valence-electron chi connectivity index (χ0n) is 12.0. The van der Waals surface area contributed by atoms with Gasteiger partial charge in [0.2, 0.25) is 5.91 Å². The van der Waals surface area contributed by atoms with E-state index < -0.39 is 11.9 Å². The molecule has 0 aromatic heterocycles. The Morgan fingerprint density at radius 1 is 1.25 bits per heavy atom. The molecule has 1 aliphatic carbocycles. The number of rotatable bonds is 6. The minimum absolute atomic E-state index is 0.0341. The number of hydrogen-bond donors (Lipinski definition) is 1. The number of amides is 1. The van der Waals surface area contributed by atoms with Crippen molar-refractivity contribution in [2.75, 3.05) is 6.54 Å². The summed E-state index contributed by atoms with van der Waals surface area (Å²) in [7, 11) is 0. The van der Waals surface area contributed by atoms with Gasteiger partial charge in [-0.1, -0.05) is 37.3 Å². The van der Waals surface area contributed by atoms with Crippen molar-refractivity contribution in [3.63, 3.8) is 0 Å². The summed E-state index contributed by atoms with van der Waals surface area (Å²) in [5.74, 6) is -1.57. The van der Waals surface area contributed by atoms with Crippen LogP contribution in [0, 0.1) is 5.92 Å². The molecule has 0 bridgehead atoms. The lowest BCUT2D eigenvalue weighted by Gasteiger charge is -2.27. The van der Waals surface area contributed by atoms with Crippen molar-refractivity contribution < 1.29 is 14.7 Å². The Bertz CT molecular complexity index is 482. The Morgan fingerprint density at radius 2 is 1.85 bits per heavy atom. The Balaban J connectivity index is 2.09. The molecule has 1 aromatic rings. The van der Waals surface area contributed by atoms with Crippen LogP contribution < -0.4 is 0 Å². The number of hydrogen-bond acceptors (Lipinski definition) is 2. The first-order chi connectivity index (χ1) is 9.50. The third-order valence-electron chi connectivity index (χ3n) is 3.83. The second kappa shape index (κ2) is 6.07. The van der Waals surface area contributed by atoms with Crippen LogP contribution in [0.3, 0.4) is 0 Å². The van der Waals surface area contributed by atoms with E-state index in [1.54, 1.807) is 11.8 Å². The molecule has 1 saturated carbocycles. The average Bonchev–Trinajstić information content (AvgIpc) is 3.28. The van der Waals surface area contributed by atoms with Crippen LogP contribution in [0.2, 0.25) is 0 Å². The van der Waals surface area contributed by atoms with E-state index in [9.17, 15) is 9.59 Å². The maximum Gasteiger partial charge on any atom is 0.308 e. The van der Waals surface area contributed by atoms with E-state index in [0.29, 0.717) is 6.54 Å². The number of carbonyl (C=O) groups excluding carboxylic acids is 1. The molecule has 1 fully saturated rings. The number of carboxylic acid groups (broad SMARTS) is 1. The Labute approximate surface area is 119 Å². The zero-order valence-corrected chi connectivity index (χ0v) is 12.0. The summed E-state index contributed by atoms with van der Waals surface area (Å²) in [4.78, 5) is 25.4.